The molecule has 0 unspecified atom stereocenters. The molecule has 0 bridgehead atoms. The quantitative estimate of drug-likeness (QED) is 0.270. The number of carbonyl (C=O) groups excluding carboxylic acids is 1. The van der Waals surface area contributed by atoms with Crippen LogP contribution in [0, 0.1) is 0 Å². The van der Waals surface area contributed by atoms with Crippen LogP contribution < -0.4 is 4.74 Å². The zero-order valence-electron chi connectivity index (χ0n) is 19.3. The lowest BCUT2D eigenvalue weighted by Crippen LogP contribution is -2.42. The highest BCUT2D eigenvalue weighted by molar-refractivity contribution is 7.19. The van der Waals surface area contributed by atoms with Crippen LogP contribution in [-0.4, -0.2) is 44.7 Å². The molecule has 0 saturated carbocycles. The number of hydrogen-bond donors (Lipinski definition) is 0. The van der Waals surface area contributed by atoms with E-state index in [2.05, 4.69) is 10.1 Å². The third-order valence-corrected chi connectivity index (χ3v) is 7.65. The monoisotopic (exact) mass is 518 g/mol. The maximum atomic E-state index is 13.7. The van der Waals surface area contributed by atoms with Crippen molar-refractivity contribution in [2.45, 2.75) is 25.5 Å². The molecule has 1 saturated heterocycles. The SMILES string of the molecule is O=C(c1cc2ccccc2n1Cc1cc(-c2ccc(Cl)s2)on1)N1CCC(Oc2ccncc2)CC1. The Balaban J connectivity index is 1.22. The van der Waals surface area contributed by atoms with E-state index in [1.54, 1.807) is 12.4 Å². The summed E-state index contributed by atoms with van der Waals surface area (Å²) in [4.78, 5) is 20.5. The summed E-state index contributed by atoms with van der Waals surface area (Å²) in [7, 11) is 0. The number of hydrogen-bond acceptors (Lipinski definition) is 6. The fourth-order valence-electron chi connectivity index (χ4n) is 4.62. The number of thiophene rings is 1. The molecule has 1 aromatic carbocycles. The van der Waals surface area contributed by atoms with E-state index < -0.39 is 0 Å². The van der Waals surface area contributed by atoms with Gasteiger partial charge in [-0.3, -0.25) is 9.78 Å². The lowest BCUT2D eigenvalue weighted by atomic mass is 10.1. The average molecular weight is 519 g/mol. The van der Waals surface area contributed by atoms with Crippen molar-refractivity contribution in [1.29, 1.82) is 0 Å². The van der Waals surface area contributed by atoms with Crippen molar-refractivity contribution in [3.05, 3.63) is 88.8 Å². The van der Waals surface area contributed by atoms with E-state index in [9.17, 15) is 4.79 Å². The molecule has 5 aromatic rings. The molecule has 1 amide bonds. The first-order valence-corrected chi connectivity index (χ1v) is 13.0. The number of para-hydroxylation sites is 1. The van der Waals surface area contributed by atoms with E-state index in [1.165, 1.54) is 11.3 Å². The van der Waals surface area contributed by atoms with Crippen LogP contribution in [0.25, 0.3) is 21.5 Å². The minimum atomic E-state index is 0.0160. The van der Waals surface area contributed by atoms with Crippen molar-refractivity contribution in [2.24, 2.45) is 0 Å². The topological polar surface area (TPSA) is 73.4 Å². The van der Waals surface area contributed by atoms with Gasteiger partial charge < -0.3 is 18.7 Å². The molecule has 0 N–H and O–H groups in total. The standard InChI is InChI=1S/C27H23ClN4O3S/c28-26-6-5-25(36-26)24-16-19(30-35-24)17-32-22-4-2-1-3-18(22)15-23(32)27(33)31-13-9-21(10-14-31)34-20-7-11-29-12-8-20/h1-8,11-12,15-16,21H,9-10,13-14,17H2. The number of halogens is 1. The van der Waals surface area contributed by atoms with Crippen LogP contribution in [0.1, 0.15) is 29.0 Å². The van der Waals surface area contributed by atoms with Gasteiger partial charge in [0.15, 0.2) is 5.76 Å². The number of rotatable bonds is 6. The van der Waals surface area contributed by atoms with Crippen LogP contribution in [0.2, 0.25) is 4.34 Å². The lowest BCUT2D eigenvalue weighted by Gasteiger charge is -2.32. The highest BCUT2D eigenvalue weighted by atomic mass is 35.5. The van der Waals surface area contributed by atoms with Gasteiger partial charge in [-0.05, 0) is 36.4 Å². The number of ether oxygens (including phenoxy) is 1. The summed E-state index contributed by atoms with van der Waals surface area (Å²) in [5.41, 5.74) is 2.38. The highest BCUT2D eigenvalue weighted by Gasteiger charge is 2.27. The number of carbonyl (C=O) groups is 1. The van der Waals surface area contributed by atoms with Crippen LogP contribution in [-0.2, 0) is 6.54 Å². The largest absolute Gasteiger partial charge is 0.490 e. The molecule has 5 heterocycles. The van der Waals surface area contributed by atoms with Gasteiger partial charge in [0, 0.05) is 55.3 Å². The molecule has 182 valence electrons. The Morgan fingerprint density at radius 1 is 1.08 bits per heavy atom. The number of likely N-dealkylation sites (tertiary alicyclic amines) is 1. The van der Waals surface area contributed by atoms with Gasteiger partial charge in [0.05, 0.1) is 15.8 Å². The second kappa shape index (κ2) is 9.79. The zero-order chi connectivity index (χ0) is 24.5. The van der Waals surface area contributed by atoms with Gasteiger partial charge in [-0.2, -0.15) is 0 Å². The second-order valence-corrected chi connectivity index (χ2v) is 10.5. The first kappa shape index (κ1) is 22.8. The van der Waals surface area contributed by atoms with E-state index in [1.807, 2.05) is 70.1 Å². The Labute approximate surface area is 216 Å². The van der Waals surface area contributed by atoms with Crippen molar-refractivity contribution in [3.8, 4) is 16.4 Å². The van der Waals surface area contributed by atoms with Crippen LogP contribution in [0.4, 0.5) is 0 Å². The van der Waals surface area contributed by atoms with E-state index in [0.29, 0.717) is 35.4 Å². The van der Waals surface area contributed by atoms with Gasteiger partial charge in [-0.1, -0.05) is 35.0 Å². The molecule has 36 heavy (non-hydrogen) atoms. The molecule has 1 aliphatic heterocycles. The number of aromatic nitrogens is 3. The highest BCUT2D eigenvalue weighted by Crippen LogP contribution is 2.32. The normalized spacial score (nSPS) is 14.4. The van der Waals surface area contributed by atoms with Gasteiger partial charge in [-0.25, -0.2) is 0 Å². The van der Waals surface area contributed by atoms with E-state index in [0.717, 1.165) is 40.1 Å². The van der Waals surface area contributed by atoms with Crippen LogP contribution >= 0.6 is 22.9 Å². The van der Waals surface area contributed by atoms with Crippen LogP contribution in [0.3, 0.4) is 0 Å². The Hall–Kier alpha value is -3.62. The Morgan fingerprint density at radius 3 is 2.67 bits per heavy atom. The summed E-state index contributed by atoms with van der Waals surface area (Å²) in [5.74, 6) is 1.50. The number of fused-ring (bicyclic) bond motifs is 1. The van der Waals surface area contributed by atoms with Crippen LogP contribution in [0.15, 0.2) is 77.6 Å². The maximum absolute atomic E-state index is 13.7. The van der Waals surface area contributed by atoms with E-state index >= 15 is 0 Å². The molecule has 4 aromatic heterocycles. The van der Waals surface area contributed by atoms with Gasteiger partial charge in [-0.15, -0.1) is 11.3 Å². The Kier molecular flexibility index (Phi) is 6.21. The molecule has 7 nitrogen and oxygen atoms in total. The van der Waals surface area contributed by atoms with Crippen molar-refractivity contribution >= 4 is 39.7 Å². The summed E-state index contributed by atoms with van der Waals surface area (Å²) in [6.07, 6.45) is 5.09. The summed E-state index contributed by atoms with van der Waals surface area (Å²) < 4.78 is 14.4. The van der Waals surface area contributed by atoms with Crippen molar-refractivity contribution in [1.82, 2.24) is 19.6 Å². The summed E-state index contributed by atoms with van der Waals surface area (Å²) in [6.45, 7) is 1.71. The molecule has 9 heteroatoms. The molecule has 1 fully saturated rings. The Morgan fingerprint density at radius 2 is 1.89 bits per heavy atom. The van der Waals surface area contributed by atoms with Gasteiger partial charge >= 0.3 is 0 Å². The number of nitrogens with zero attached hydrogens (tertiary/aromatic N) is 4. The van der Waals surface area contributed by atoms with Gasteiger partial charge in [0.2, 0.25) is 0 Å². The molecule has 0 atom stereocenters. The number of benzene rings is 1. The summed E-state index contributed by atoms with van der Waals surface area (Å²) >= 11 is 7.52. The predicted molar refractivity (Wildman–Crippen MR) is 140 cm³/mol. The van der Waals surface area contributed by atoms with Gasteiger partial charge in [0.25, 0.3) is 5.91 Å². The van der Waals surface area contributed by atoms with Crippen molar-refractivity contribution in [3.63, 3.8) is 0 Å². The van der Waals surface area contributed by atoms with Crippen molar-refractivity contribution < 1.29 is 14.1 Å². The molecule has 1 aliphatic rings. The Bertz CT molecular complexity index is 1500. The third kappa shape index (κ3) is 4.62. The maximum Gasteiger partial charge on any atom is 0.270 e. The smallest absolute Gasteiger partial charge is 0.270 e. The lowest BCUT2D eigenvalue weighted by molar-refractivity contribution is 0.0586. The first-order chi connectivity index (χ1) is 17.6. The van der Waals surface area contributed by atoms with E-state index in [-0.39, 0.29) is 12.0 Å². The van der Waals surface area contributed by atoms with Crippen molar-refractivity contribution in [2.75, 3.05) is 13.1 Å². The molecular weight excluding hydrogens is 496 g/mol. The second-order valence-electron chi connectivity index (χ2n) is 8.75. The van der Waals surface area contributed by atoms with Gasteiger partial charge in [0.1, 0.15) is 23.2 Å². The molecule has 0 radical (unpaired) electrons. The summed E-state index contributed by atoms with van der Waals surface area (Å²) in [6, 6.07) is 19.4. The number of amides is 1. The minimum absolute atomic E-state index is 0.0160. The molecule has 6 rings (SSSR count). The number of piperidine rings is 1. The fraction of sp³-hybridized carbons (Fsp3) is 0.222. The minimum Gasteiger partial charge on any atom is -0.490 e. The molecule has 0 aliphatic carbocycles. The number of pyridine rings is 1. The first-order valence-electron chi connectivity index (χ1n) is 11.8. The molecular formula is C27H23ClN4O3S. The summed E-state index contributed by atoms with van der Waals surface area (Å²) in [5, 5.41) is 5.29. The third-order valence-electron chi connectivity index (χ3n) is 6.41. The fourth-order valence-corrected chi connectivity index (χ4v) is 5.61. The molecule has 0 spiro atoms. The zero-order valence-corrected chi connectivity index (χ0v) is 20.9. The average Bonchev–Trinajstić information content (AvgIpc) is 3.64. The van der Waals surface area contributed by atoms with Crippen LogP contribution in [0.5, 0.6) is 5.75 Å². The predicted octanol–water partition coefficient (Wildman–Crippen LogP) is 6.14. The van der Waals surface area contributed by atoms with E-state index in [4.69, 9.17) is 20.9 Å².